The summed E-state index contributed by atoms with van der Waals surface area (Å²) < 4.78 is 0. The van der Waals surface area contributed by atoms with Crippen LogP contribution in [0.5, 0.6) is 0 Å². The van der Waals surface area contributed by atoms with Crippen LogP contribution in [0.1, 0.15) is 11.5 Å². The molecule has 0 amide bonds. The summed E-state index contributed by atoms with van der Waals surface area (Å²) in [5.41, 5.74) is 5.96. The largest absolute Gasteiger partial charge is 0.548 e. The van der Waals surface area contributed by atoms with E-state index >= 15 is 0 Å². The Kier molecular flexibility index (Phi) is 2.44. The molecule has 1 aromatic heterocycles. The summed E-state index contributed by atoms with van der Waals surface area (Å²) in [6.45, 7) is 1.79. The van der Waals surface area contributed by atoms with Crippen LogP contribution in [0.3, 0.4) is 0 Å². The van der Waals surface area contributed by atoms with Crippen LogP contribution in [-0.2, 0) is 11.2 Å². The van der Waals surface area contributed by atoms with Gasteiger partial charge in [-0.15, -0.1) is 0 Å². The van der Waals surface area contributed by atoms with Crippen LogP contribution in [0.4, 0.5) is 0 Å². The molecule has 0 bridgehead atoms. The number of hydrogen-bond donors (Lipinski definition) is 2. The lowest BCUT2D eigenvalue weighted by molar-refractivity contribution is -0.307. The number of nitrogens with zero attached hydrogens (tertiary/aromatic N) is 1. The maximum atomic E-state index is 10.2. The molecule has 0 aliphatic rings. The zero-order chi connectivity index (χ0) is 9.14. The lowest BCUT2D eigenvalue weighted by Crippen LogP contribution is -2.43. The molecule has 0 aliphatic heterocycles. The Hall–Kier alpha value is -1.36. The molecule has 1 aromatic rings. The minimum atomic E-state index is -1.25. The Labute approximate surface area is 69.6 Å². The highest BCUT2D eigenvalue weighted by atomic mass is 16.4. The molecule has 3 N–H and O–H groups in total. The van der Waals surface area contributed by atoms with Crippen LogP contribution in [0.2, 0.25) is 0 Å². The second kappa shape index (κ2) is 3.36. The van der Waals surface area contributed by atoms with Crippen LogP contribution in [0.15, 0.2) is 6.20 Å². The molecule has 0 aliphatic carbocycles. The molecule has 12 heavy (non-hydrogen) atoms. The molecule has 5 nitrogen and oxygen atoms in total. The number of carboxylic acid groups (broad SMARTS) is 1. The summed E-state index contributed by atoms with van der Waals surface area (Å²) in [5, 5.41) is 10.2. The number of H-pyrrole nitrogens is 1. The van der Waals surface area contributed by atoms with Gasteiger partial charge in [0.25, 0.3) is 0 Å². The average molecular weight is 168 g/mol. The molecule has 66 valence electrons. The zero-order valence-electron chi connectivity index (χ0n) is 6.70. The van der Waals surface area contributed by atoms with Crippen LogP contribution in [-0.4, -0.2) is 22.0 Å². The number of aryl methyl sites for hydroxylation is 1. The van der Waals surface area contributed by atoms with Crippen molar-refractivity contribution in [3.05, 3.63) is 17.7 Å². The lowest BCUT2D eigenvalue weighted by Gasteiger charge is -2.10. The fourth-order valence-corrected chi connectivity index (χ4v) is 0.896. The van der Waals surface area contributed by atoms with Crippen molar-refractivity contribution in [1.29, 1.82) is 0 Å². The number of carbonyl (C=O) groups excluding carboxylic acids is 1. The molecule has 0 saturated carbocycles. The monoisotopic (exact) mass is 168 g/mol. The predicted octanol–water partition coefficient (Wildman–Crippen LogP) is -1.66. The minimum Gasteiger partial charge on any atom is -0.548 e. The number of aromatic amines is 1. The molecule has 0 aromatic carbocycles. The van der Waals surface area contributed by atoms with E-state index in [1.54, 1.807) is 13.1 Å². The van der Waals surface area contributed by atoms with Gasteiger partial charge in [0.15, 0.2) is 0 Å². The van der Waals surface area contributed by atoms with Gasteiger partial charge in [0.05, 0.1) is 5.97 Å². The number of aliphatic carboxylic acids is 1. The molecular formula is C7H10N3O2-. The van der Waals surface area contributed by atoms with E-state index in [2.05, 4.69) is 9.97 Å². The number of hydrogen-bond acceptors (Lipinski definition) is 4. The summed E-state index contributed by atoms with van der Waals surface area (Å²) >= 11 is 0. The third-order valence-corrected chi connectivity index (χ3v) is 1.50. The quantitative estimate of drug-likeness (QED) is 0.564. The Morgan fingerprint density at radius 1 is 1.92 bits per heavy atom. The SMILES string of the molecule is Cc1ncc(CC(N)C(=O)[O-])[nH]1. The molecule has 1 rings (SSSR count). The average Bonchev–Trinajstić information content (AvgIpc) is 2.35. The van der Waals surface area contributed by atoms with Crippen molar-refractivity contribution >= 4 is 5.97 Å². The highest BCUT2D eigenvalue weighted by molar-refractivity contribution is 5.71. The van der Waals surface area contributed by atoms with E-state index in [4.69, 9.17) is 5.73 Å². The second-order valence-corrected chi connectivity index (χ2v) is 2.62. The number of aromatic nitrogens is 2. The number of carboxylic acids is 1. The van der Waals surface area contributed by atoms with Crippen molar-refractivity contribution in [2.24, 2.45) is 5.73 Å². The maximum absolute atomic E-state index is 10.2. The molecule has 1 heterocycles. The van der Waals surface area contributed by atoms with Gasteiger partial charge in [-0.05, 0) is 6.92 Å². The molecule has 0 saturated heterocycles. The Morgan fingerprint density at radius 3 is 3.00 bits per heavy atom. The molecule has 5 heteroatoms. The van der Waals surface area contributed by atoms with Gasteiger partial charge < -0.3 is 20.6 Å². The molecule has 1 unspecified atom stereocenters. The van der Waals surface area contributed by atoms with Crippen molar-refractivity contribution in [1.82, 2.24) is 9.97 Å². The fourth-order valence-electron chi connectivity index (χ4n) is 0.896. The van der Waals surface area contributed by atoms with Gasteiger partial charge in [0.1, 0.15) is 5.82 Å². The van der Waals surface area contributed by atoms with Crippen LogP contribution >= 0.6 is 0 Å². The summed E-state index contributed by atoms with van der Waals surface area (Å²) in [7, 11) is 0. The number of nitrogens with one attached hydrogen (secondary N) is 1. The number of rotatable bonds is 3. The molecule has 0 radical (unpaired) electrons. The number of imidazole rings is 1. The Morgan fingerprint density at radius 2 is 2.58 bits per heavy atom. The molecular weight excluding hydrogens is 158 g/mol. The van der Waals surface area contributed by atoms with Gasteiger partial charge in [-0.1, -0.05) is 0 Å². The highest BCUT2D eigenvalue weighted by Gasteiger charge is 2.05. The van der Waals surface area contributed by atoms with Crippen LogP contribution < -0.4 is 10.8 Å². The van der Waals surface area contributed by atoms with Crippen molar-refractivity contribution in [2.75, 3.05) is 0 Å². The van der Waals surface area contributed by atoms with Gasteiger partial charge >= 0.3 is 0 Å². The van der Waals surface area contributed by atoms with Crippen LogP contribution in [0.25, 0.3) is 0 Å². The summed E-state index contributed by atoms with van der Waals surface area (Å²) in [4.78, 5) is 17.0. The van der Waals surface area contributed by atoms with Gasteiger partial charge in [0, 0.05) is 24.4 Å². The zero-order valence-corrected chi connectivity index (χ0v) is 6.70. The predicted molar refractivity (Wildman–Crippen MR) is 40.0 cm³/mol. The van der Waals surface area contributed by atoms with E-state index in [-0.39, 0.29) is 6.42 Å². The lowest BCUT2D eigenvalue weighted by atomic mass is 10.2. The first-order valence-electron chi connectivity index (χ1n) is 3.56. The van der Waals surface area contributed by atoms with E-state index in [0.717, 1.165) is 5.82 Å². The van der Waals surface area contributed by atoms with Gasteiger partial charge in [-0.25, -0.2) is 4.98 Å². The van der Waals surface area contributed by atoms with Crippen molar-refractivity contribution < 1.29 is 9.90 Å². The van der Waals surface area contributed by atoms with Crippen molar-refractivity contribution in [3.8, 4) is 0 Å². The third kappa shape index (κ3) is 2.06. The van der Waals surface area contributed by atoms with E-state index in [9.17, 15) is 9.90 Å². The van der Waals surface area contributed by atoms with Gasteiger partial charge in [-0.3, -0.25) is 0 Å². The Bertz CT molecular complexity index is 282. The highest BCUT2D eigenvalue weighted by Crippen LogP contribution is 1.98. The van der Waals surface area contributed by atoms with E-state index in [1.807, 2.05) is 0 Å². The minimum absolute atomic E-state index is 0.225. The summed E-state index contributed by atoms with van der Waals surface area (Å²) in [6.07, 6.45) is 1.79. The first kappa shape index (κ1) is 8.73. The molecule has 1 atom stereocenters. The van der Waals surface area contributed by atoms with E-state index in [1.165, 1.54) is 0 Å². The molecule has 0 spiro atoms. The standard InChI is InChI=1S/C7H11N3O2/c1-4-9-3-5(10-4)2-6(8)7(11)12/h3,6H,2,8H2,1H3,(H,9,10)(H,11,12)/p-1. The van der Waals surface area contributed by atoms with Crippen molar-refractivity contribution in [2.45, 2.75) is 19.4 Å². The fraction of sp³-hybridized carbons (Fsp3) is 0.429. The third-order valence-electron chi connectivity index (χ3n) is 1.50. The van der Waals surface area contributed by atoms with Crippen molar-refractivity contribution in [3.63, 3.8) is 0 Å². The first-order chi connectivity index (χ1) is 5.59. The molecule has 0 fully saturated rings. The van der Waals surface area contributed by atoms with Crippen LogP contribution in [0, 0.1) is 6.92 Å². The van der Waals surface area contributed by atoms with Gasteiger partial charge in [-0.2, -0.15) is 0 Å². The first-order valence-corrected chi connectivity index (χ1v) is 3.56. The topological polar surface area (TPSA) is 94.8 Å². The van der Waals surface area contributed by atoms with Gasteiger partial charge in [0.2, 0.25) is 0 Å². The number of carbonyl (C=O) groups is 1. The normalized spacial score (nSPS) is 12.8. The second-order valence-electron chi connectivity index (χ2n) is 2.62. The maximum Gasteiger partial charge on any atom is 0.103 e. The van der Waals surface area contributed by atoms with E-state index < -0.39 is 12.0 Å². The Balaban J connectivity index is 2.58. The number of nitrogens with two attached hydrogens (primary N) is 1. The summed E-state index contributed by atoms with van der Waals surface area (Å²) in [6, 6.07) is -0.968. The van der Waals surface area contributed by atoms with E-state index in [0.29, 0.717) is 5.69 Å². The smallest absolute Gasteiger partial charge is 0.103 e. The summed E-state index contributed by atoms with van der Waals surface area (Å²) in [5.74, 6) is -0.502.